The molecule has 0 saturated carbocycles. The van der Waals surface area contributed by atoms with Gasteiger partial charge in [0.2, 0.25) is 0 Å². The van der Waals surface area contributed by atoms with Gasteiger partial charge in [0.15, 0.2) is 5.96 Å². The van der Waals surface area contributed by atoms with Crippen molar-refractivity contribution < 1.29 is 4.74 Å². The van der Waals surface area contributed by atoms with E-state index < -0.39 is 0 Å². The number of pyridine rings is 1. The van der Waals surface area contributed by atoms with Gasteiger partial charge in [-0.2, -0.15) is 0 Å². The number of aliphatic imine (C=N–C) groups is 1. The van der Waals surface area contributed by atoms with Crippen LogP contribution in [0, 0.1) is 0 Å². The Kier molecular flexibility index (Phi) is 7.31. The minimum Gasteiger partial charge on any atom is -0.495 e. The third-order valence-corrected chi connectivity index (χ3v) is 4.37. The molecular weight excluding hydrogens is 451 g/mol. The molecule has 0 spiro atoms. The van der Waals surface area contributed by atoms with Crippen molar-refractivity contribution in [3.63, 3.8) is 0 Å². The van der Waals surface area contributed by atoms with E-state index in [2.05, 4.69) is 16.4 Å². The number of aryl methyl sites for hydroxylation is 2. The molecule has 0 radical (unpaired) electrons. The Balaban J connectivity index is 0.00000225. The van der Waals surface area contributed by atoms with Crippen LogP contribution in [0.15, 0.2) is 35.3 Å². The highest BCUT2D eigenvalue weighted by molar-refractivity contribution is 14.0. The number of anilines is 1. The van der Waals surface area contributed by atoms with Gasteiger partial charge < -0.3 is 15.8 Å². The molecule has 1 aromatic heterocycles. The molecule has 0 atom stereocenters. The van der Waals surface area contributed by atoms with E-state index in [-0.39, 0.29) is 24.0 Å². The molecule has 0 unspecified atom stereocenters. The lowest BCUT2D eigenvalue weighted by Gasteiger charge is -2.15. The summed E-state index contributed by atoms with van der Waals surface area (Å²) in [6, 6.07) is 9.57. The molecule has 7 heteroatoms. The first kappa shape index (κ1) is 19.8. The highest BCUT2D eigenvalue weighted by Gasteiger charge is 2.10. The Hall–Kier alpha value is -1.54. The van der Waals surface area contributed by atoms with Gasteiger partial charge in [-0.3, -0.25) is 4.98 Å². The molecule has 2 aromatic rings. The lowest BCUT2D eigenvalue weighted by Crippen LogP contribution is -2.22. The number of nitrogens with zero attached hydrogens (tertiary/aromatic N) is 2. The Morgan fingerprint density at radius 2 is 2.08 bits per heavy atom. The van der Waals surface area contributed by atoms with Gasteiger partial charge in [0, 0.05) is 11.4 Å². The maximum absolute atomic E-state index is 6.10. The molecule has 0 saturated heterocycles. The van der Waals surface area contributed by atoms with E-state index in [4.69, 9.17) is 27.1 Å². The van der Waals surface area contributed by atoms with Crippen molar-refractivity contribution >= 4 is 47.2 Å². The molecule has 1 aliphatic carbocycles. The van der Waals surface area contributed by atoms with E-state index in [0.717, 1.165) is 24.2 Å². The summed E-state index contributed by atoms with van der Waals surface area (Å²) in [4.78, 5) is 9.06. The minimum absolute atomic E-state index is 0. The van der Waals surface area contributed by atoms with Crippen LogP contribution in [0.2, 0.25) is 5.02 Å². The van der Waals surface area contributed by atoms with Crippen molar-refractivity contribution in [1.29, 1.82) is 0 Å². The predicted octanol–water partition coefficient (Wildman–Crippen LogP) is 4.17. The van der Waals surface area contributed by atoms with Gasteiger partial charge in [0.1, 0.15) is 5.75 Å². The zero-order valence-corrected chi connectivity index (χ0v) is 17.2. The van der Waals surface area contributed by atoms with Crippen LogP contribution in [-0.2, 0) is 19.4 Å². The number of guanidine groups is 1. The van der Waals surface area contributed by atoms with E-state index in [1.807, 2.05) is 12.1 Å². The van der Waals surface area contributed by atoms with Crippen LogP contribution >= 0.6 is 35.6 Å². The molecule has 0 aliphatic heterocycles. The lowest BCUT2D eigenvalue weighted by atomic mass is 9.96. The van der Waals surface area contributed by atoms with Crippen LogP contribution < -0.4 is 15.8 Å². The number of hydrogen-bond acceptors (Lipinski definition) is 3. The zero-order chi connectivity index (χ0) is 16.9. The second-order valence-electron chi connectivity index (χ2n) is 5.79. The number of aromatic nitrogens is 1. The van der Waals surface area contributed by atoms with E-state index in [9.17, 15) is 0 Å². The van der Waals surface area contributed by atoms with Crippen LogP contribution in [0.1, 0.15) is 29.8 Å². The van der Waals surface area contributed by atoms with Gasteiger partial charge in [-0.15, -0.1) is 24.0 Å². The normalized spacial score (nSPS) is 13.6. The molecule has 1 heterocycles. The summed E-state index contributed by atoms with van der Waals surface area (Å²) in [5.74, 6) is 0.951. The Morgan fingerprint density at radius 3 is 2.84 bits per heavy atom. The van der Waals surface area contributed by atoms with Crippen molar-refractivity contribution in [3.8, 4) is 5.75 Å². The van der Waals surface area contributed by atoms with Crippen molar-refractivity contribution in [2.45, 2.75) is 32.2 Å². The fourth-order valence-corrected chi connectivity index (χ4v) is 3.07. The fraction of sp³-hybridized carbons (Fsp3) is 0.333. The SMILES string of the molecule is COc1ccc(NC(N)=NCc2ccc3c(n2)CCCC3)cc1Cl.I. The van der Waals surface area contributed by atoms with Crippen molar-refractivity contribution in [2.75, 3.05) is 12.4 Å². The number of halogens is 2. The summed E-state index contributed by atoms with van der Waals surface area (Å²) in [6.07, 6.45) is 4.67. The third-order valence-electron chi connectivity index (χ3n) is 4.07. The van der Waals surface area contributed by atoms with Crippen LogP contribution in [0.3, 0.4) is 0 Å². The Labute approximate surface area is 170 Å². The van der Waals surface area contributed by atoms with Crippen LogP contribution in [-0.4, -0.2) is 18.1 Å². The number of hydrogen-bond donors (Lipinski definition) is 2. The molecule has 3 N–H and O–H groups in total. The number of benzene rings is 1. The maximum atomic E-state index is 6.10. The van der Waals surface area contributed by atoms with Crippen LogP contribution in [0.5, 0.6) is 5.75 Å². The monoisotopic (exact) mass is 472 g/mol. The molecule has 5 nitrogen and oxygen atoms in total. The number of nitrogens with one attached hydrogen (secondary N) is 1. The van der Waals surface area contributed by atoms with Crippen molar-refractivity contribution in [3.05, 3.63) is 52.3 Å². The quantitative estimate of drug-likeness (QED) is 0.398. The second-order valence-corrected chi connectivity index (χ2v) is 6.20. The zero-order valence-electron chi connectivity index (χ0n) is 14.1. The number of methoxy groups -OCH3 is 1. The first-order chi connectivity index (χ1) is 11.7. The van der Waals surface area contributed by atoms with Gasteiger partial charge in [-0.1, -0.05) is 17.7 Å². The molecular formula is C18H22ClIN4O. The summed E-state index contributed by atoms with van der Waals surface area (Å²) in [6.45, 7) is 0.454. The second kappa shape index (κ2) is 9.24. The number of ether oxygens (including phenoxy) is 1. The fourth-order valence-electron chi connectivity index (χ4n) is 2.81. The number of nitrogens with two attached hydrogens (primary N) is 1. The van der Waals surface area contributed by atoms with Crippen LogP contribution in [0.4, 0.5) is 5.69 Å². The summed E-state index contributed by atoms with van der Waals surface area (Å²) >= 11 is 6.10. The van der Waals surface area contributed by atoms with Gasteiger partial charge in [0.25, 0.3) is 0 Å². The predicted molar refractivity (Wildman–Crippen MR) is 113 cm³/mol. The van der Waals surface area contributed by atoms with Gasteiger partial charge in [-0.05, 0) is 55.5 Å². The molecule has 0 amide bonds. The third kappa shape index (κ3) is 5.22. The first-order valence-electron chi connectivity index (χ1n) is 8.04. The van der Waals surface area contributed by atoms with E-state index in [0.29, 0.717) is 23.3 Å². The summed E-state index contributed by atoms with van der Waals surface area (Å²) in [5.41, 5.74) is 10.2. The molecule has 0 bridgehead atoms. The van der Waals surface area contributed by atoms with E-state index in [1.54, 1.807) is 19.2 Å². The van der Waals surface area contributed by atoms with E-state index in [1.165, 1.54) is 24.1 Å². The smallest absolute Gasteiger partial charge is 0.193 e. The minimum atomic E-state index is 0. The molecule has 1 aliphatic rings. The van der Waals surface area contributed by atoms with Crippen molar-refractivity contribution in [1.82, 2.24) is 4.98 Å². The highest BCUT2D eigenvalue weighted by atomic mass is 127. The average Bonchev–Trinajstić information content (AvgIpc) is 2.60. The van der Waals surface area contributed by atoms with E-state index >= 15 is 0 Å². The average molecular weight is 473 g/mol. The molecule has 0 fully saturated rings. The van der Waals surface area contributed by atoms with Crippen LogP contribution in [0.25, 0.3) is 0 Å². The summed E-state index contributed by atoms with van der Waals surface area (Å²) < 4.78 is 5.13. The number of fused-ring (bicyclic) bond motifs is 1. The largest absolute Gasteiger partial charge is 0.495 e. The lowest BCUT2D eigenvalue weighted by molar-refractivity contribution is 0.415. The summed E-state index contributed by atoms with van der Waals surface area (Å²) in [7, 11) is 1.58. The van der Waals surface area contributed by atoms with Gasteiger partial charge >= 0.3 is 0 Å². The van der Waals surface area contributed by atoms with Crippen molar-refractivity contribution in [2.24, 2.45) is 10.7 Å². The van der Waals surface area contributed by atoms with Gasteiger partial charge in [0.05, 0.1) is 24.4 Å². The molecule has 3 rings (SSSR count). The summed E-state index contributed by atoms with van der Waals surface area (Å²) in [5, 5.41) is 3.55. The maximum Gasteiger partial charge on any atom is 0.193 e. The first-order valence-corrected chi connectivity index (χ1v) is 8.41. The topological polar surface area (TPSA) is 72.5 Å². The molecule has 134 valence electrons. The Bertz CT molecular complexity index is 767. The highest BCUT2D eigenvalue weighted by Crippen LogP contribution is 2.27. The van der Waals surface area contributed by atoms with Gasteiger partial charge in [-0.25, -0.2) is 4.99 Å². The standard InChI is InChI=1S/C18H21ClN4O.HI/c1-24-17-9-8-13(10-15(17)19)23-18(20)21-11-14-7-6-12-4-2-3-5-16(12)22-14;/h6-10H,2-5,11H2,1H3,(H3,20,21,23);1H. The molecule has 1 aromatic carbocycles. The Morgan fingerprint density at radius 1 is 1.28 bits per heavy atom. The molecule has 25 heavy (non-hydrogen) atoms. The number of rotatable bonds is 4.